The molecule has 0 bridgehead atoms. The Morgan fingerprint density at radius 1 is 0.889 bits per heavy atom. The van der Waals surface area contributed by atoms with Gasteiger partial charge in [-0.3, -0.25) is 30.6 Å². The lowest BCUT2D eigenvalue weighted by atomic mass is 9.88. The number of benzene rings is 2. The molecule has 192 valence electrons. The quantitative estimate of drug-likeness (QED) is 0.306. The molecule has 2 aromatic rings. The third kappa shape index (κ3) is 8.64. The van der Waals surface area contributed by atoms with E-state index in [1.807, 2.05) is 0 Å². The molecule has 2 aromatic carbocycles. The van der Waals surface area contributed by atoms with Crippen molar-refractivity contribution in [1.29, 1.82) is 0 Å². The highest BCUT2D eigenvalue weighted by atomic mass is 32.1. The number of carbonyl (C=O) groups excluding carboxylic acids is 3. The molecule has 4 N–H and O–H groups in total. The number of carbonyl (C=O) groups is 3. The molecule has 3 amide bonds. The summed E-state index contributed by atoms with van der Waals surface area (Å²) < 4.78 is 5.66. The maximum Gasteiger partial charge on any atom is 0.269 e. The molecule has 3 rings (SSSR count). The van der Waals surface area contributed by atoms with E-state index in [0.29, 0.717) is 35.1 Å². The fourth-order valence-electron chi connectivity index (χ4n) is 3.82. The third-order valence-corrected chi connectivity index (χ3v) is 6.19. The minimum Gasteiger partial charge on any atom is -0.494 e. The van der Waals surface area contributed by atoms with Gasteiger partial charge in [-0.2, -0.15) is 0 Å². The number of ether oxygens (including phenoxy) is 1. The number of hydrogen-bond donors (Lipinski definition) is 4. The summed E-state index contributed by atoms with van der Waals surface area (Å²) in [6.07, 6.45) is 6.17. The van der Waals surface area contributed by atoms with Crippen LogP contribution in [0.5, 0.6) is 5.75 Å². The fraction of sp³-hybridized carbons (Fsp3) is 0.407. The van der Waals surface area contributed by atoms with E-state index in [4.69, 9.17) is 17.0 Å². The highest BCUT2D eigenvalue weighted by Crippen LogP contribution is 2.25. The Balaban J connectivity index is 1.41. The number of amides is 3. The van der Waals surface area contributed by atoms with Crippen molar-refractivity contribution in [3.05, 3.63) is 59.7 Å². The lowest BCUT2D eigenvalue weighted by Crippen LogP contribution is -2.48. The summed E-state index contributed by atoms with van der Waals surface area (Å²) in [6, 6.07) is 13.4. The van der Waals surface area contributed by atoms with Crippen LogP contribution in [0.1, 0.15) is 73.1 Å². The van der Waals surface area contributed by atoms with E-state index < -0.39 is 11.8 Å². The highest BCUT2D eigenvalue weighted by Gasteiger charge is 2.21. The summed E-state index contributed by atoms with van der Waals surface area (Å²) in [5.41, 5.74) is 6.42. The zero-order chi connectivity index (χ0) is 25.9. The molecule has 1 fully saturated rings. The molecule has 1 saturated carbocycles. The Labute approximate surface area is 217 Å². The molecule has 0 atom stereocenters. The highest BCUT2D eigenvalue weighted by molar-refractivity contribution is 7.80. The van der Waals surface area contributed by atoms with Gasteiger partial charge in [0.25, 0.3) is 11.8 Å². The summed E-state index contributed by atoms with van der Waals surface area (Å²) in [6.45, 7) is 4.88. The Morgan fingerprint density at radius 2 is 1.50 bits per heavy atom. The number of nitrogens with one attached hydrogen (secondary N) is 4. The van der Waals surface area contributed by atoms with Gasteiger partial charge >= 0.3 is 0 Å². The Bertz CT molecular complexity index is 1050. The Kier molecular flexibility index (Phi) is 10.2. The molecule has 0 aliphatic heterocycles. The zero-order valence-corrected chi connectivity index (χ0v) is 21.6. The summed E-state index contributed by atoms with van der Waals surface area (Å²) in [5.74, 6) is 0.501. The van der Waals surface area contributed by atoms with Crippen molar-refractivity contribution in [1.82, 2.24) is 16.2 Å². The van der Waals surface area contributed by atoms with Gasteiger partial charge in [0.15, 0.2) is 5.11 Å². The SMILES string of the molecule is CC(C)CCOc1ccc(C(=O)NC(=S)NNC(=O)c2ccc(NC(=O)C3CCCCC3)cc2)cc1. The zero-order valence-electron chi connectivity index (χ0n) is 20.8. The number of hydrogen-bond acceptors (Lipinski definition) is 5. The summed E-state index contributed by atoms with van der Waals surface area (Å²) in [4.78, 5) is 37.2. The van der Waals surface area contributed by atoms with Gasteiger partial charge in [-0.1, -0.05) is 33.1 Å². The van der Waals surface area contributed by atoms with Crippen molar-refractivity contribution in [3.8, 4) is 5.75 Å². The van der Waals surface area contributed by atoms with Gasteiger partial charge < -0.3 is 10.1 Å². The average molecular weight is 511 g/mol. The number of thiocarbonyl (C=S) groups is 1. The predicted molar refractivity (Wildman–Crippen MR) is 144 cm³/mol. The van der Waals surface area contributed by atoms with Crippen LogP contribution in [0.15, 0.2) is 48.5 Å². The number of anilines is 1. The Hall–Kier alpha value is -3.46. The smallest absolute Gasteiger partial charge is 0.269 e. The second-order valence-electron chi connectivity index (χ2n) is 9.32. The van der Waals surface area contributed by atoms with Crippen LogP contribution in [-0.2, 0) is 4.79 Å². The van der Waals surface area contributed by atoms with E-state index in [9.17, 15) is 14.4 Å². The molecule has 9 heteroatoms. The van der Waals surface area contributed by atoms with Crippen LogP contribution in [0.2, 0.25) is 0 Å². The van der Waals surface area contributed by atoms with Crippen LogP contribution in [-0.4, -0.2) is 29.4 Å². The normalized spacial score (nSPS) is 13.5. The molecule has 8 nitrogen and oxygen atoms in total. The van der Waals surface area contributed by atoms with Gasteiger partial charge in [0.1, 0.15) is 5.75 Å². The predicted octanol–water partition coefficient (Wildman–Crippen LogP) is 4.58. The first-order valence-electron chi connectivity index (χ1n) is 12.4. The molecule has 1 aliphatic carbocycles. The first-order chi connectivity index (χ1) is 17.3. The van der Waals surface area contributed by atoms with Crippen molar-refractivity contribution in [2.75, 3.05) is 11.9 Å². The van der Waals surface area contributed by atoms with Crippen LogP contribution in [0.25, 0.3) is 0 Å². The number of rotatable bonds is 8. The fourth-order valence-corrected chi connectivity index (χ4v) is 3.97. The first-order valence-corrected chi connectivity index (χ1v) is 12.8. The van der Waals surface area contributed by atoms with Gasteiger partial charge in [-0.25, -0.2) is 0 Å². The molecular formula is C27H34N4O4S. The van der Waals surface area contributed by atoms with E-state index in [1.54, 1.807) is 48.5 Å². The van der Waals surface area contributed by atoms with Crippen molar-refractivity contribution >= 4 is 40.7 Å². The molecular weight excluding hydrogens is 476 g/mol. The molecule has 0 heterocycles. The van der Waals surface area contributed by atoms with E-state index in [1.165, 1.54) is 6.42 Å². The topological polar surface area (TPSA) is 109 Å². The van der Waals surface area contributed by atoms with Crippen molar-refractivity contribution in [2.24, 2.45) is 11.8 Å². The minimum absolute atomic E-state index is 0.0305. The lowest BCUT2D eigenvalue weighted by Gasteiger charge is -2.20. The molecule has 0 saturated heterocycles. The van der Waals surface area contributed by atoms with Crippen LogP contribution in [0.4, 0.5) is 5.69 Å². The third-order valence-electron chi connectivity index (χ3n) is 5.99. The van der Waals surface area contributed by atoms with Crippen LogP contribution >= 0.6 is 12.2 Å². The maximum atomic E-state index is 12.4. The van der Waals surface area contributed by atoms with E-state index in [-0.39, 0.29) is 16.9 Å². The molecule has 0 unspecified atom stereocenters. The minimum atomic E-state index is -0.431. The second-order valence-corrected chi connectivity index (χ2v) is 9.73. The van der Waals surface area contributed by atoms with E-state index in [0.717, 1.165) is 32.1 Å². The van der Waals surface area contributed by atoms with Crippen LogP contribution < -0.4 is 26.2 Å². The Morgan fingerprint density at radius 3 is 2.14 bits per heavy atom. The van der Waals surface area contributed by atoms with Gasteiger partial charge in [-0.05, 0) is 85.9 Å². The summed E-state index contributed by atoms with van der Waals surface area (Å²) >= 11 is 5.11. The first kappa shape index (κ1) is 27.1. The average Bonchev–Trinajstić information content (AvgIpc) is 2.88. The maximum absolute atomic E-state index is 12.4. The standard InChI is InChI=1S/C27H34N4O4S/c1-18(2)16-17-35-23-14-10-20(11-15-23)25(33)29-27(36)31-30-26(34)21-8-12-22(13-9-21)28-24(32)19-6-4-3-5-7-19/h8-15,18-19H,3-7,16-17H2,1-2H3,(H,28,32)(H,30,34)(H2,29,31,33,36). The van der Waals surface area contributed by atoms with Gasteiger partial charge in [-0.15, -0.1) is 0 Å². The van der Waals surface area contributed by atoms with E-state index >= 15 is 0 Å². The monoisotopic (exact) mass is 510 g/mol. The van der Waals surface area contributed by atoms with Crippen molar-refractivity contribution in [3.63, 3.8) is 0 Å². The van der Waals surface area contributed by atoms with E-state index in [2.05, 4.69) is 35.3 Å². The molecule has 0 aromatic heterocycles. The largest absolute Gasteiger partial charge is 0.494 e. The molecule has 36 heavy (non-hydrogen) atoms. The second kappa shape index (κ2) is 13.6. The van der Waals surface area contributed by atoms with Gasteiger partial charge in [0.2, 0.25) is 5.91 Å². The summed E-state index contributed by atoms with van der Waals surface area (Å²) in [5, 5.41) is 5.40. The lowest BCUT2D eigenvalue weighted by molar-refractivity contribution is -0.120. The van der Waals surface area contributed by atoms with Crippen molar-refractivity contribution in [2.45, 2.75) is 52.4 Å². The van der Waals surface area contributed by atoms with Crippen LogP contribution in [0, 0.1) is 11.8 Å². The van der Waals surface area contributed by atoms with Crippen LogP contribution in [0.3, 0.4) is 0 Å². The van der Waals surface area contributed by atoms with Gasteiger partial charge in [0, 0.05) is 22.7 Å². The molecule has 0 radical (unpaired) electrons. The number of hydrazine groups is 1. The van der Waals surface area contributed by atoms with Crippen molar-refractivity contribution < 1.29 is 19.1 Å². The van der Waals surface area contributed by atoms with Gasteiger partial charge in [0.05, 0.1) is 6.61 Å². The molecule has 1 aliphatic rings. The summed E-state index contributed by atoms with van der Waals surface area (Å²) in [7, 11) is 0. The molecule has 0 spiro atoms.